The van der Waals surface area contributed by atoms with Gasteiger partial charge in [-0.3, -0.25) is 14.5 Å². The molecule has 6 nitrogen and oxygen atoms in total. The number of benzene rings is 2. The van der Waals surface area contributed by atoms with Crippen molar-refractivity contribution in [3.05, 3.63) is 71.5 Å². The van der Waals surface area contributed by atoms with E-state index in [2.05, 4.69) is 10.6 Å². The first-order valence-electron chi connectivity index (χ1n) is 9.69. The molecule has 1 aliphatic rings. The predicted molar refractivity (Wildman–Crippen MR) is 106 cm³/mol. The van der Waals surface area contributed by atoms with Gasteiger partial charge in [0.25, 0.3) is 0 Å². The Hall–Kier alpha value is -3.22. The van der Waals surface area contributed by atoms with Crippen LogP contribution in [0.3, 0.4) is 0 Å². The number of nitrogens with zero attached hydrogens (tertiary/aromatic N) is 1. The Labute approximate surface area is 169 Å². The lowest BCUT2D eigenvalue weighted by molar-refractivity contribution is -0.139. The maximum atomic E-state index is 13.1. The quantitative estimate of drug-likeness (QED) is 0.754. The fraction of sp³-hybridized carbons (Fsp3) is 0.318. The summed E-state index contributed by atoms with van der Waals surface area (Å²) in [5.41, 5.74) is 1.74. The summed E-state index contributed by atoms with van der Waals surface area (Å²) in [6.07, 6.45) is 0.999. The van der Waals surface area contributed by atoms with Crippen molar-refractivity contribution >= 4 is 17.8 Å². The van der Waals surface area contributed by atoms with Crippen LogP contribution in [0.5, 0.6) is 0 Å². The largest absolute Gasteiger partial charge is 0.354 e. The molecule has 1 heterocycles. The zero-order chi connectivity index (χ0) is 20.8. The lowest BCUT2D eigenvalue weighted by atomic mass is 10.00. The van der Waals surface area contributed by atoms with Crippen molar-refractivity contribution in [3.8, 4) is 0 Å². The van der Waals surface area contributed by atoms with E-state index < -0.39 is 24.0 Å². The van der Waals surface area contributed by atoms with E-state index in [1.807, 2.05) is 30.3 Å². The molecule has 152 valence electrons. The molecule has 3 rings (SSSR count). The van der Waals surface area contributed by atoms with E-state index in [1.54, 1.807) is 6.92 Å². The van der Waals surface area contributed by atoms with Crippen molar-refractivity contribution in [1.29, 1.82) is 0 Å². The van der Waals surface area contributed by atoms with E-state index in [4.69, 9.17) is 0 Å². The van der Waals surface area contributed by atoms with E-state index in [-0.39, 0.29) is 18.1 Å². The normalized spacial score (nSPS) is 17.6. The third-order valence-electron chi connectivity index (χ3n) is 4.99. The van der Waals surface area contributed by atoms with Crippen LogP contribution in [0.4, 0.5) is 9.18 Å². The number of amides is 4. The van der Waals surface area contributed by atoms with Gasteiger partial charge < -0.3 is 10.6 Å². The first-order chi connectivity index (χ1) is 14.0. The number of carbonyl (C=O) groups excluding carboxylic acids is 3. The summed E-state index contributed by atoms with van der Waals surface area (Å²) < 4.78 is 13.1. The molecule has 2 aromatic carbocycles. The summed E-state index contributed by atoms with van der Waals surface area (Å²) in [6.45, 7) is 2.18. The number of imide groups is 1. The highest BCUT2D eigenvalue weighted by molar-refractivity contribution is 6.02. The number of nitrogens with one attached hydrogen (secondary N) is 2. The highest BCUT2D eigenvalue weighted by atomic mass is 19.1. The molecular weight excluding hydrogens is 373 g/mol. The molecule has 1 aliphatic heterocycles. The van der Waals surface area contributed by atoms with Crippen molar-refractivity contribution in [1.82, 2.24) is 15.5 Å². The van der Waals surface area contributed by atoms with E-state index >= 15 is 0 Å². The third-order valence-corrected chi connectivity index (χ3v) is 4.99. The molecule has 0 spiro atoms. The molecule has 0 saturated carbocycles. The van der Waals surface area contributed by atoms with Crippen LogP contribution in [0.2, 0.25) is 0 Å². The van der Waals surface area contributed by atoms with Gasteiger partial charge >= 0.3 is 6.03 Å². The Bertz CT molecular complexity index is 853. The van der Waals surface area contributed by atoms with E-state index in [0.717, 1.165) is 10.5 Å². The fourth-order valence-corrected chi connectivity index (χ4v) is 3.45. The second-order valence-corrected chi connectivity index (χ2v) is 6.97. The smallest absolute Gasteiger partial charge is 0.325 e. The van der Waals surface area contributed by atoms with Gasteiger partial charge in [0.15, 0.2) is 0 Å². The molecule has 7 heteroatoms. The van der Waals surface area contributed by atoms with Crippen molar-refractivity contribution in [3.63, 3.8) is 0 Å². The van der Waals surface area contributed by atoms with Crippen molar-refractivity contribution in [2.45, 2.75) is 38.3 Å². The van der Waals surface area contributed by atoms with Crippen LogP contribution in [0, 0.1) is 5.82 Å². The summed E-state index contributed by atoms with van der Waals surface area (Å²) in [5.74, 6) is -1.16. The molecule has 1 saturated heterocycles. The van der Waals surface area contributed by atoms with Crippen LogP contribution < -0.4 is 10.6 Å². The Balaban J connectivity index is 1.61. The highest BCUT2D eigenvalue weighted by Crippen LogP contribution is 2.24. The number of halogens is 1. The maximum Gasteiger partial charge on any atom is 0.325 e. The summed E-state index contributed by atoms with van der Waals surface area (Å²) in [4.78, 5) is 38.9. The third kappa shape index (κ3) is 4.99. The van der Waals surface area contributed by atoms with Crippen LogP contribution in [0.15, 0.2) is 54.6 Å². The maximum absolute atomic E-state index is 13.1. The first-order valence-corrected chi connectivity index (χ1v) is 9.69. The average Bonchev–Trinajstić information content (AvgIpc) is 2.71. The molecule has 2 atom stereocenters. The molecule has 1 fully saturated rings. The van der Waals surface area contributed by atoms with Gasteiger partial charge in [-0.05, 0) is 36.1 Å². The van der Waals surface area contributed by atoms with Crippen LogP contribution >= 0.6 is 0 Å². The number of urea groups is 1. The number of hydrogen-bond acceptors (Lipinski definition) is 3. The van der Waals surface area contributed by atoms with Gasteiger partial charge in [0.1, 0.15) is 11.9 Å². The molecule has 0 bridgehead atoms. The molecule has 2 unspecified atom stereocenters. The molecule has 0 radical (unpaired) electrons. The van der Waals surface area contributed by atoms with Gasteiger partial charge in [0, 0.05) is 6.54 Å². The van der Waals surface area contributed by atoms with Crippen LogP contribution in [-0.2, 0) is 16.0 Å². The Morgan fingerprint density at radius 1 is 1.17 bits per heavy atom. The summed E-state index contributed by atoms with van der Waals surface area (Å²) >= 11 is 0. The van der Waals surface area contributed by atoms with Crippen LogP contribution in [0.25, 0.3) is 0 Å². The van der Waals surface area contributed by atoms with Gasteiger partial charge in [-0.25, -0.2) is 9.18 Å². The first kappa shape index (κ1) is 20.5. The second-order valence-electron chi connectivity index (χ2n) is 6.97. The van der Waals surface area contributed by atoms with Crippen molar-refractivity contribution in [2.24, 2.45) is 0 Å². The average molecular weight is 397 g/mol. The number of carbonyl (C=O) groups is 3. The predicted octanol–water partition coefficient (Wildman–Crippen LogP) is 2.95. The highest BCUT2D eigenvalue weighted by Gasteiger charge is 2.39. The zero-order valence-corrected chi connectivity index (χ0v) is 16.2. The summed E-state index contributed by atoms with van der Waals surface area (Å²) in [5, 5.41) is 5.56. The Morgan fingerprint density at radius 3 is 2.48 bits per heavy atom. The van der Waals surface area contributed by atoms with E-state index in [9.17, 15) is 18.8 Å². The summed E-state index contributed by atoms with van der Waals surface area (Å²) in [6, 6.07) is 13.4. The molecule has 2 N–H and O–H groups in total. The molecule has 0 aliphatic carbocycles. The SMILES string of the molecule is CCC(C(=O)NCCc1ccccc1)N1C(=O)CC(c2ccc(F)cc2)NC1=O. The molecule has 2 aromatic rings. The van der Waals surface area contributed by atoms with Gasteiger partial charge in [-0.2, -0.15) is 0 Å². The Kier molecular flexibility index (Phi) is 6.59. The molecule has 4 amide bonds. The topological polar surface area (TPSA) is 78.5 Å². The molecular formula is C22H24FN3O3. The minimum absolute atomic E-state index is 0.0190. The minimum Gasteiger partial charge on any atom is -0.354 e. The lowest BCUT2D eigenvalue weighted by Gasteiger charge is -2.35. The van der Waals surface area contributed by atoms with Gasteiger partial charge in [0.05, 0.1) is 12.5 Å². The van der Waals surface area contributed by atoms with Gasteiger partial charge in [0.2, 0.25) is 11.8 Å². The van der Waals surface area contributed by atoms with Crippen molar-refractivity contribution in [2.75, 3.05) is 6.54 Å². The molecule has 29 heavy (non-hydrogen) atoms. The second kappa shape index (κ2) is 9.32. The number of hydrogen-bond donors (Lipinski definition) is 2. The standard InChI is InChI=1S/C22H24FN3O3/c1-2-19(21(28)24-13-12-15-6-4-3-5-7-15)26-20(27)14-18(25-22(26)29)16-8-10-17(23)11-9-16/h3-11,18-19H,2,12-14H2,1H3,(H,24,28)(H,25,29). The monoisotopic (exact) mass is 397 g/mol. The van der Waals surface area contributed by atoms with Crippen LogP contribution in [-0.4, -0.2) is 35.3 Å². The number of rotatable bonds is 7. The molecule has 0 aromatic heterocycles. The van der Waals surface area contributed by atoms with E-state index in [0.29, 0.717) is 24.9 Å². The minimum atomic E-state index is -0.868. The summed E-state index contributed by atoms with van der Waals surface area (Å²) in [7, 11) is 0. The Morgan fingerprint density at radius 2 is 1.86 bits per heavy atom. The van der Waals surface area contributed by atoms with Gasteiger partial charge in [-0.15, -0.1) is 0 Å². The lowest BCUT2D eigenvalue weighted by Crippen LogP contribution is -2.59. The van der Waals surface area contributed by atoms with Crippen LogP contribution in [0.1, 0.15) is 36.9 Å². The van der Waals surface area contributed by atoms with Gasteiger partial charge in [-0.1, -0.05) is 49.4 Å². The van der Waals surface area contributed by atoms with E-state index in [1.165, 1.54) is 24.3 Å². The fourth-order valence-electron chi connectivity index (χ4n) is 3.45. The zero-order valence-electron chi connectivity index (χ0n) is 16.2. The van der Waals surface area contributed by atoms with Crippen molar-refractivity contribution < 1.29 is 18.8 Å².